The molecule has 0 aromatic rings. The van der Waals surface area contributed by atoms with Crippen LogP contribution in [0.15, 0.2) is 85.1 Å². The third-order valence-electron chi connectivity index (χ3n) is 7.61. The molecule has 2 atom stereocenters. The van der Waals surface area contributed by atoms with Crippen LogP contribution in [0, 0.1) is 0 Å². The molecule has 0 aliphatic heterocycles. The molecule has 3 N–H and O–H groups in total. The van der Waals surface area contributed by atoms with Crippen LogP contribution >= 0.6 is 0 Å². The zero-order chi connectivity index (χ0) is 32.9. The molecule has 1 amide bonds. The summed E-state index contributed by atoms with van der Waals surface area (Å²) >= 11 is 0. The highest BCUT2D eigenvalue weighted by atomic mass is 16.3. The molecule has 0 aromatic heterocycles. The molecule has 0 spiro atoms. The number of aliphatic hydroxyl groups is 2. The molecule has 0 saturated heterocycles. The van der Waals surface area contributed by atoms with Crippen molar-refractivity contribution in [3.05, 3.63) is 85.1 Å². The number of nitrogens with one attached hydrogen (secondary N) is 1. The Morgan fingerprint density at radius 2 is 1.00 bits per heavy atom. The lowest BCUT2D eigenvalue weighted by molar-refractivity contribution is -0.123. The minimum atomic E-state index is -0.869. The maximum atomic E-state index is 12.3. The van der Waals surface area contributed by atoms with E-state index in [0.29, 0.717) is 6.42 Å². The van der Waals surface area contributed by atoms with Crippen molar-refractivity contribution in [2.45, 2.75) is 161 Å². The summed E-state index contributed by atoms with van der Waals surface area (Å²) in [5, 5.41) is 22.8. The first kappa shape index (κ1) is 42.6. The Balaban J connectivity index is 3.70. The van der Waals surface area contributed by atoms with Gasteiger partial charge in [-0.1, -0.05) is 150 Å². The fourth-order valence-electron chi connectivity index (χ4n) is 4.81. The molecule has 0 aliphatic carbocycles. The highest BCUT2D eigenvalue weighted by Gasteiger charge is 2.17. The number of aliphatic hydroxyl groups excluding tert-OH is 2. The second-order valence-electron chi connectivity index (χ2n) is 11.9. The maximum Gasteiger partial charge on any atom is 0.220 e. The normalized spacial score (nSPS) is 14.1. The van der Waals surface area contributed by atoms with Crippen LogP contribution in [0.25, 0.3) is 0 Å². The molecule has 4 nitrogen and oxygen atoms in total. The van der Waals surface area contributed by atoms with Gasteiger partial charge in [-0.3, -0.25) is 4.79 Å². The van der Waals surface area contributed by atoms with Gasteiger partial charge in [0.05, 0.1) is 18.8 Å². The van der Waals surface area contributed by atoms with Crippen LogP contribution in [0.3, 0.4) is 0 Å². The largest absolute Gasteiger partial charge is 0.394 e. The van der Waals surface area contributed by atoms with Crippen LogP contribution < -0.4 is 5.32 Å². The molecule has 0 heterocycles. The standard InChI is InChI=1S/C41H69NO3/c1-3-5-7-9-11-13-15-16-17-18-19-20-21-22-23-24-25-26-27-29-31-33-35-37-41(45)42-39(38-43)40(44)36-34-32-30-28-14-12-10-8-6-4-2/h5,7,11,13-14,16-17,19-20,22-23,28,34,36,39-40,43-44H,3-4,6,8-10,12,15,18,21,24-27,29-33,35,37-38H2,1-2H3,(H,42,45)/b7-5-,13-11-,17-16-,20-19-,23-22-,28-14+,36-34+. The Morgan fingerprint density at radius 1 is 0.556 bits per heavy atom. The second-order valence-corrected chi connectivity index (χ2v) is 11.9. The van der Waals surface area contributed by atoms with Gasteiger partial charge >= 0.3 is 0 Å². The summed E-state index contributed by atoms with van der Waals surface area (Å²) in [7, 11) is 0. The molecule has 0 radical (unpaired) electrons. The van der Waals surface area contributed by atoms with Gasteiger partial charge in [-0.25, -0.2) is 0 Å². The first-order valence-corrected chi connectivity index (χ1v) is 18.3. The molecule has 45 heavy (non-hydrogen) atoms. The Labute approximate surface area is 278 Å². The Kier molecular flexibility index (Phi) is 34.1. The highest BCUT2D eigenvalue weighted by molar-refractivity contribution is 5.76. The molecule has 0 fully saturated rings. The fourth-order valence-corrected chi connectivity index (χ4v) is 4.81. The number of allylic oxidation sites excluding steroid dienone is 13. The first-order valence-electron chi connectivity index (χ1n) is 18.3. The molecule has 0 bridgehead atoms. The number of carbonyl (C=O) groups excluding carboxylic acids is 1. The summed E-state index contributed by atoms with van der Waals surface area (Å²) in [4.78, 5) is 12.3. The van der Waals surface area contributed by atoms with Crippen LogP contribution in [0.2, 0.25) is 0 Å². The molecule has 0 rings (SSSR count). The van der Waals surface area contributed by atoms with Gasteiger partial charge in [-0.15, -0.1) is 0 Å². The van der Waals surface area contributed by atoms with Gasteiger partial charge in [0.25, 0.3) is 0 Å². The van der Waals surface area contributed by atoms with E-state index in [9.17, 15) is 15.0 Å². The van der Waals surface area contributed by atoms with Crippen molar-refractivity contribution in [2.24, 2.45) is 0 Å². The Hall–Kier alpha value is -2.43. The lowest BCUT2D eigenvalue weighted by Gasteiger charge is -2.19. The number of hydrogen-bond acceptors (Lipinski definition) is 3. The lowest BCUT2D eigenvalue weighted by Crippen LogP contribution is -2.45. The van der Waals surface area contributed by atoms with Gasteiger partial charge in [-0.05, 0) is 77.0 Å². The number of amides is 1. The summed E-state index contributed by atoms with van der Waals surface area (Å²) in [5.74, 6) is -0.0930. The predicted molar refractivity (Wildman–Crippen MR) is 197 cm³/mol. The van der Waals surface area contributed by atoms with Gasteiger partial charge in [0.1, 0.15) is 0 Å². The summed E-state index contributed by atoms with van der Waals surface area (Å²) < 4.78 is 0. The van der Waals surface area contributed by atoms with Crippen molar-refractivity contribution in [1.29, 1.82) is 0 Å². The average molecular weight is 624 g/mol. The van der Waals surface area contributed by atoms with E-state index in [-0.39, 0.29) is 12.5 Å². The Morgan fingerprint density at radius 3 is 1.56 bits per heavy atom. The van der Waals surface area contributed by atoms with E-state index in [4.69, 9.17) is 0 Å². The molecule has 0 aliphatic rings. The molecule has 4 heteroatoms. The lowest BCUT2D eigenvalue weighted by atomic mass is 10.1. The average Bonchev–Trinajstić information content (AvgIpc) is 3.04. The van der Waals surface area contributed by atoms with Crippen molar-refractivity contribution in [1.82, 2.24) is 5.32 Å². The molecular formula is C41H69NO3. The minimum absolute atomic E-state index is 0.0930. The van der Waals surface area contributed by atoms with Gasteiger partial charge in [0, 0.05) is 6.42 Å². The van der Waals surface area contributed by atoms with Crippen molar-refractivity contribution in [2.75, 3.05) is 6.61 Å². The molecule has 0 aromatic carbocycles. The zero-order valence-electron chi connectivity index (χ0n) is 29.1. The van der Waals surface area contributed by atoms with Crippen LogP contribution in [-0.2, 0) is 4.79 Å². The fraction of sp³-hybridized carbons (Fsp3) is 0.634. The zero-order valence-corrected chi connectivity index (χ0v) is 29.1. The van der Waals surface area contributed by atoms with Gasteiger partial charge in [0.2, 0.25) is 5.91 Å². The van der Waals surface area contributed by atoms with E-state index in [1.807, 2.05) is 6.08 Å². The number of unbranched alkanes of at least 4 members (excludes halogenated alkanes) is 12. The maximum absolute atomic E-state index is 12.3. The van der Waals surface area contributed by atoms with E-state index in [0.717, 1.165) is 77.0 Å². The summed E-state index contributed by atoms with van der Waals surface area (Å²) in [6, 6.07) is -0.647. The summed E-state index contributed by atoms with van der Waals surface area (Å²) in [5.41, 5.74) is 0. The van der Waals surface area contributed by atoms with Crippen LogP contribution in [0.1, 0.15) is 149 Å². The third kappa shape index (κ3) is 32.8. The first-order chi connectivity index (χ1) is 22.2. The monoisotopic (exact) mass is 624 g/mol. The van der Waals surface area contributed by atoms with Crippen molar-refractivity contribution < 1.29 is 15.0 Å². The van der Waals surface area contributed by atoms with E-state index >= 15 is 0 Å². The van der Waals surface area contributed by atoms with Gasteiger partial charge in [-0.2, -0.15) is 0 Å². The van der Waals surface area contributed by atoms with Crippen LogP contribution in [0.5, 0.6) is 0 Å². The van der Waals surface area contributed by atoms with Gasteiger partial charge in [0.15, 0.2) is 0 Å². The van der Waals surface area contributed by atoms with E-state index in [1.54, 1.807) is 6.08 Å². The smallest absolute Gasteiger partial charge is 0.220 e. The van der Waals surface area contributed by atoms with Crippen molar-refractivity contribution in [3.63, 3.8) is 0 Å². The van der Waals surface area contributed by atoms with Crippen LogP contribution in [0.4, 0.5) is 0 Å². The van der Waals surface area contributed by atoms with Crippen LogP contribution in [-0.4, -0.2) is 34.9 Å². The minimum Gasteiger partial charge on any atom is -0.394 e. The number of hydrogen-bond donors (Lipinski definition) is 3. The molecule has 2 unspecified atom stereocenters. The predicted octanol–water partition coefficient (Wildman–Crippen LogP) is 10.9. The highest BCUT2D eigenvalue weighted by Crippen LogP contribution is 2.11. The second kappa shape index (κ2) is 36.0. The molecular weight excluding hydrogens is 554 g/mol. The Bertz CT molecular complexity index is 849. The molecule has 0 saturated carbocycles. The van der Waals surface area contributed by atoms with Crippen molar-refractivity contribution in [3.8, 4) is 0 Å². The third-order valence-corrected chi connectivity index (χ3v) is 7.61. The number of rotatable bonds is 31. The topological polar surface area (TPSA) is 69.6 Å². The number of carbonyl (C=O) groups is 1. The summed E-state index contributed by atoms with van der Waals surface area (Å²) in [6.07, 6.45) is 52.4. The van der Waals surface area contributed by atoms with Crippen molar-refractivity contribution >= 4 is 5.91 Å². The summed E-state index contributed by atoms with van der Waals surface area (Å²) in [6.45, 7) is 4.11. The van der Waals surface area contributed by atoms with E-state index in [2.05, 4.69) is 92.1 Å². The van der Waals surface area contributed by atoms with Gasteiger partial charge < -0.3 is 15.5 Å². The molecule has 256 valence electrons. The quantitative estimate of drug-likeness (QED) is 0.0531. The van der Waals surface area contributed by atoms with E-state index < -0.39 is 12.1 Å². The SMILES string of the molecule is CC/C=C\C/C=C\C/C=C\C/C=C\C/C=C\CCCCCCCCCC(=O)NC(CO)C(O)/C=C/CC/C=C/CCCCCC. The van der Waals surface area contributed by atoms with E-state index in [1.165, 1.54) is 51.4 Å².